The van der Waals surface area contributed by atoms with Gasteiger partial charge in [0.1, 0.15) is 5.76 Å². The lowest BCUT2D eigenvalue weighted by Gasteiger charge is -2.44. The van der Waals surface area contributed by atoms with Crippen molar-refractivity contribution in [2.24, 2.45) is 0 Å². The van der Waals surface area contributed by atoms with Crippen molar-refractivity contribution in [3.05, 3.63) is 17.5 Å². The van der Waals surface area contributed by atoms with Gasteiger partial charge in [-0.1, -0.05) is 5.16 Å². The van der Waals surface area contributed by atoms with Crippen LogP contribution >= 0.6 is 0 Å². The Morgan fingerprint density at radius 3 is 2.61 bits per heavy atom. The molecule has 0 spiro atoms. The van der Waals surface area contributed by atoms with Gasteiger partial charge in [0.15, 0.2) is 5.69 Å². The number of amides is 2. The molecule has 2 aliphatic heterocycles. The van der Waals surface area contributed by atoms with E-state index in [1.54, 1.807) is 31.9 Å². The number of rotatable bonds is 6. The summed E-state index contributed by atoms with van der Waals surface area (Å²) in [6, 6.07) is 2.43. The van der Waals surface area contributed by atoms with Crippen LogP contribution in [0, 0.1) is 6.92 Å². The maximum absolute atomic E-state index is 12.6. The Hall–Kier alpha value is -1.93. The Labute approximate surface area is 166 Å². The highest BCUT2D eigenvalue weighted by atomic mass is 16.5. The predicted octanol–water partition coefficient (Wildman–Crippen LogP) is 1.55. The average Bonchev–Trinajstić information content (AvgIpc) is 3.14. The molecule has 0 bridgehead atoms. The van der Waals surface area contributed by atoms with Gasteiger partial charge in [-0.2, -0.15) is 0 Å². The van der Waals surface area contributed by atoms with E-state index >= 15 is 0 Å². The zero-order chi connectivity index (χ0) is 20.1. The Morgan fingerprint density at radius 2 is 1.96 bits per heavy atom. The number of aromatic nitrogens is 1. The molecule has 1 unspecified atom stereocenters. The first-order valence-electron chi connectivity index (χ1n) is 10.2. The van der Waals surface area contributed by atoms with Gasteiger partial charge >= 0.3 is 0 Å². The zero-order valence-electron chi connectivity index (χ0n) is 17.2. The molecule has 1 aromatic heterocycles. The Morgan fingerprint density at radius 1 is 1.21 bits per heavy atom. The van der Waals surface area contributed by atoms with Crippen LogP contribution in [0.3, 0.4) is 0 Å². The van der Waals surface area contributed by atoms with E-state index in [0.717, 1.165) is 58.5 Å². The first kappa shape index (κ1) is 20.8. The van der Waals surface area contributed by atoms with E-state index in [1.807, 2.05) is 4.90 Å². The maximum atomic E-state index is 12.6. The summed E-state index contributed by atoms with van der Waals surface area (Å²) >= 11 is 0. The SMILES string of the molecule is CC(=O)N1CCCC(N(CCN(C)C(=O)c2cc(C)on2)C2CCOCC2)C1. The summed E-state index contributed by atoms with van der Waals surface area (Å²) < 4.78 is 10.6. The normalized spacial score (nSPS) is 21.1. The summed E-state index contributed by atoms with van der Waals surface area (Å²) in [7, 11) is 1.80. The van der Waals surface area contributed by atoms with Gasteiger partial charge in [-0.3, -0.25) is 14.5 Å². The highest BCUT2D eigenvalue weighted by Gasteiger charge is 2.32. The smallest absolute Gasteiger partial charge is 0.275 e. The fourth-order valence-electron chi connectivity index (χ4n) is 4.22. The second-order valence-corrected chi connectivity index (χ2v) is 7.89. The van der Waals surface area contributed by atoms with Crippen molar-refractivity contribution in [1.29, 1.82) is 0 Å². The molecule has 2 aliphatic rings. The Kier molecular flexibility index (Phi) is 7.07. The van der Waals surface area contributed by atoms with Crippen molar-refractivity contribution in [3.63, 3.8) is 0 Å². The monoisotopic (exact) mass is 392 g/mol. The van der Waals surface area contributed by atoms with Gasteiger partial charge in [0.25, 0.3) is 5.91 Å². The highest BCUT2D eigenvalue weighted by molar-refractivity contribution is 5.92. The van der Waals surface area contributed by atoms with Crippen LogP contribution in [-0.2, 0) is 9.53 Å². The number of piperidine rings is 1. The lowest BCUT2D eigenvalue weighted by molar-refractivity contribution is -0.131. The quantitative estimate of drug-likeness (QED) is 0.731. The average molecular weight is 393 g/mol. The van der Waals surface area contributed by atoms with E-state index in [0.29, 0.717) is 30.1 Å². The third kappa shape index (κ3) is 5.11. The molecule has 1 aromatic rings. The molecule has 0 N–H and O–H groups in total. The lowest BCUT2D eigenvalue weighted by Crippen LogP contribution is -2.55. The largest absolute Gasteiger partial charge is 0.381 e. The summed E-state index contributed by atoms with van der Waals surface area (Å²) in [6.45, 7) is 7.98. The molecule has 156 valence electrons. The van der Waals surface area contributed by atoms with Gasteiger partial charge in [0, 0.05) is 71.5 Å². The molecule has 0 radical (unpaired) electrons. The number of likely N-dealkylation sites (tertiary alicyclic amines) is 1. The van der Waals surface area contributed by atoms with E-state index in [9.17, 15) is 9.59 Å². The van der Waals surface area contributed by atoms with Crippen LogP contribution < -0.4 is 0 Å². The molecule has 2 amide bonds. The molecular formula is C20H32N4O4. The number of hydrogen-bond donors (Lipinski definition) is 0. The maximum Gasteiger partial charge on any atom is 0.275 e. The third-order valence-corrected chi connectivity index (χ3v) is 5.86. The molecule has 28 heavy (non-hydrogen) atoms. The zero-order valence-corrected chi connectivity index (χ0v) is 17.2. The number of ether oxygens (including phenoxy) is 1. The van der Waals surface area contributed by atoms with Crippen molar-refractivity contribution in [2.75, 3.05) is 46.4 Å². The van der Waals surface area contributed by atoms with Crippen LogP contribution in [0.15, 0.2) is 10.6 Å². The topological polar surface area (TPSA) is 79.1 Å². The molecule has 1 atom stereocenters. The van der Waals surface area contributed by atoms with Gasteiger partial charge in [-0.15, -0.1) is 0 Å². The molecule has 0 aromatic carbocycles. The summed E-state index contributed by atoms with van der Waals surface area (Å²) in [5.41, 5.74) is 0.345. The van der Waals surface area contributed by atoms with Gasteiger partial charge in [0.05, 0.1) is 0 Å². The van der Waals surface area contributed by atoms with E-state index < -0.39 is 0 Å². The van der Waals surface area contributed by atoms with E-state index in [4.69, 9.17) is 9.26 Å². The van der Waals surface area contributed by atoms with Crippen LogP contribution in [-0.4, -0.2) is 90.2 Å². The minimum Gasteiger partial charge on any atom is -0.381 e. The Bertz CT molecular complexity index is 671. The summed E-state index contributed by atoms with van der Waals surface area (Å²) in [6.07, 6.45) is 4.10. The fraction of sp³-hybridized carbons (Fsp3) is 0.750. The van der Waals surface area contributed by atoms with E-state index in [2.05, 4.69) is 10.1 Å². The van der Waals surface area contributed by atoms with Crippen molar-refractivity contribution < 1.29 is 18.8 Å². The number of likely N-dealkylation sites (N-methyl/N-ethyl adjacent to an activating group) is 1. The third-order valence-electron chi connectivity index (χ3n) is 5.86. The van der Waals surface area contributed by atoms with Gasteiger partial charge < -0.3 is 19.1 Å². The molecule has 2 saturated heterocycles. The van der Waals surface area contributed by atoms with Crippen LogP contribution in [0.25, 0.3) is 0 Å². The van der Waals surface area contributed by atoms with Crippen LogP contribution in [0.1, 0.15) is 48.9 Å². The number of carbonyl (C=O) groups is 2. The number of hydrogen-bond acceptors (Lipinski definition) is 6. The first-order chi connectivity index (χ1) is 13.5. The van der Waals surface area contributed by atoms with Gasteiger partial charge in [0.2, 0.25) is 5.91 Å². The molecule has 0 saturated carbocycles. The van der Waals surface area contributed by atoms with Crippen molar-refractivity contribution in [1.82, 2.24) is 19.9 Å². The second kappa shape index (κ2) is 9.52. The number of nitrogens with zero attached hydrogens (tertiary/aromatic N) is 4. The first-order valence-corrected chi connectivity index (χ1v) is 10.2. The molecular weight excluding hydrogens is 360 g/mol. The molecule has 2 fully saturated rings. The predicted molar refractivity (Wildman–Crippen MR) is 104 cm³/mol. The molecule has 8 heteroatoms. The van der Waals surface area contributed by atoms with Crippen LogP contribution in [0.5, 0.6) is 0 Å². The van der Waals surface area contributed by atoms with Gasteiger partial charge in [-0.25, -0.2) is 0 Å². The minimum absolute atomic E-state index is 0.127. The van der Waals surface area contributed by atoms with Crippen LogP contribution in [0.2, 0.25) is 0 Å². The lowest BCUT2D eigenvalue weighted by atomic mass is 9.98. The number of carbonyl (C=O) groups excluding carboxylic acids is 2. The summed E-state index contributed by atoms with van der Waals surface area (Å²) in [5, 5.41) is 3.83. The summed E-state index contributed by atoms with van der Waals surface area (Å²) in [5.74, 6) is 0.648. The molecule has 8 nitrogen and oxygen atoms in total. The number of aryl methyl sites for hydroxylation is 1. The second-order valence-electron chi connectivity index (χ2n) is 7.89. The fourth-order valence-corrected chi connectivity index (χ4v) is 4.22. The summed E-state index contributed by atoms with van der Waals surface area (Å²) in [4.78, 5) is 30.6. The highest BCUT2D eigenvalue weighted by Crippen LogP contribution is 2.23. The van der Waals surface area contributed by atoms with E-state index in [-0.39, 0.29) is 11.8 Å². The van der Waals surface area contributed by atoms with Gasteiger partial charge in [-0.05, 0) is 32.6 Å². The molecule has 3 heterocycles. The molecule has 3 rings (SSSR count). The van der Waals surface area contributed by atoms with Crippen molar-refractivity contribution in [2.45, 2.75) is 51.6 Å². The van der Waals surface area contributed by atoms with E-state index in [1.165, 1.54) is 0 Å². The minimum atomic E-state index is -0.127. The van der Waals surface area contributed by atoms with Crippen LogP contribution in [0.4, 0.5) is 0 Å². The molecule has 0 aliphatic carbocycles. The Balaban J connectivity index is 1.65. The standard InChI is InChI=1S/C20H32N4O4/c1-15-13-19(21-28-15)20(26)22(3)9-10-24(17-6-11-27-12-7-17)18-5-4-8-23(14-18)16(2)25/h13,17-18H,4-12,14H2,1-3H3. The van der Waals surface area contributed by atoms with Crippen molar-refractivity contribution >= 4 is 11.8 Å². The van der Waals surface area contributed by atoms with Crippen molar-refractivity contribution in [3.8, 4) is 0 Å².